The van der Waals surface area contributed by atoms with Crippen molar-refractivity contribution >= 4 is 27.5 Å². The molecule has 2 amide bonds. The van der Waals surface area contributed by atoms with Crippen LogP contribution < -0.4 is 15.0 Å². The van der Waals surface area contributed by atoms with E-state index in [2.05, 4.69) is 11.2 Å². The molecule has 0 aromatic heterocycles. The van der Waals surface area contributed by atoms with Crippen molar-refractivity contribution in [3.63, 3.8) is 0 Å². The van der Waals surface area contributed by atoms with Crippen LogP contribution in [0.5, 0.6) is 5.75 Å². The lowest BCUT2D eigenvalue weighted by molar-refractivity contribution is -0.119. The first kappa shape index (κ1) is 26.3. The fourth-order valence-corrected chi connectivity index (χ4v) is 6.24. The number of ether oxygens (including phenoxy) is 1. The van der Waals surface area contributed by atoms with Crippen LogP contribution in [0.25, 0.3) is 0 Å². The number of rotatable bonds is 7. The number of nitrogens with one attached hydrogen (secondary N) is 1. The Labute approximate surface area is 207 Å². The molecule has 1 N–H and O–H groups in total. The predicted octanol–water partition coefficient (Wildman–Crippen LogP) is 2.74. The Morgan fingerprint density at radius 1 is 1.17 bits per heavy atom. The van der Waals surface area contributed by atoms with Crippen LogP contribution in [-0.2, 0) is 14.8 Å². The van der Waals surface area contributed by atoms with Gasteiger partial charge in [0, 0.05) is 37.0 Å². The highest BCUT2D eigenvalue weighted by atomic mass is 32.2. The van der Waals surface area contributed by atoms with Crippen LogP contribution >= 0.6 is 0 Å². The highest BCUT2D eigenvalue weighted by Crippen LogP contribution is 2.32. The van der Waals surface area contributed by atoms with Crippen LogP contribution in [0.1, 0.15) is 36.2 Å². The summed E-state index contributed by atoms with van der Waals surface area (Å²) >= 11 is 0. The molecule has 2 unspecified atom stereocenters. The summed E-state index contributed by atoms with van der Waals surface area (Å²) in [5, 5.41) is 2.51. The first-order chi connectivity index (χ1) is 16.6. The minimum Gasteiger partial charge on any atom is -0.495 e. The van der Waals surface area contributed by atoms with Crippen LogP contribution in [0.15, 0.2) is 47.4 Å². The van der Waals surface area contributed by atoms with E-state index in [0.717, 1.165) is 6.42 Å². The zero-order chi connectivity index (χ0) is 25.8. The predicted molar refractivity (Wildman–Crippen MR) is 135 cm³/mol. The van der Waals surface area contributed by atoms with Gasteiger partial charge in [-0.15, -0.1) is 6.42 Å². The zero-order valence-electron chi connectivity index (χ0n) is 20.4. The number of carbonyl (C=O) groups excluding carboxylic acids is 2. The molecule has 2 atom stereocenters. The summed E-state index contributed by atoms with van der Waals surface area (Å²) in [7, 11) is -1.06. The lowest BCUT2D eigenvalue weighted by Gasteiger charge is -2.34. The fourth-order valence-electron chi connectivity index (χ4n) is 4.37. The molecule has 0 radical (unpaired) electrons. The highest BCUT2D eigenvalue weighted by Gasteiger charge is 2.34. The van der Waals surface area contributed by atoms with Crippen molar-refractivity contribution in [2.45, 2.75) is 25.2 Å². The molecule has 1 heterocycles. The highest BCUT2D eigenvalue weighted by molar-refractivity contribution is 7.89. The first-order valence-electron chi connectivity index (χ1n) is 11.4. The van der Waals surface area contributed by atoms with Gasteiger partial charge in [-0.2, -0.15) is 4.31 Å². The number of anilines is 1. The van der Waals surface area contributed by atoms with E-state index in [1.54, 1.807) is 24.3 Å². The van der Waals surface area contributed by atoms with E-state index in [9.17, 15) is 18.0 Å². The van der Waals surface area contributed by atoms with E-state index < -0.39 is 15.9 Å². The topological polar surface area (TPSA) is 96.0 Å². The zero-order valence-corrected chi connectivity index (χ0v) is 21.3. The van der Waals surface area contributed by atoms with E-state index in [-0.39, 0.29) is 40.5 Å². The Kier molecular flexibility index (Phi) is 8.20. The average molecular weight is 498 g/mol. The number of sulfonamides is 1. The maximum Gasteiger partial charge on any atom is 0.258 e. The van der Waals surface area contributed by atoms with E-state index in [1.807, 2.05) is 13.8 Å². The molecule has 186 valence electrons. The number of piperidine rings is 1. The molecule has 0 bridgehead atoms. The number of methoxy groups -OCH3 is 1. The van der Waals surface area contributed by atoms with Crippen molar-refractivity contribution in [2.24, 2.45) is 11.8 Å². The Morgan fingerprint density at radius 3 is 2.46 bits per heavy atom. The van der Waals surface area contributed by atoms with Crippen molar-refractivity contribution in [3.8, 4) is 18.1 Å². The maximum atomic E-state index is 13.6. The summed E-state index contributed by atoms with van der Waals surface area (Å²) in [5.74, 6) is 2.18. The number of amides is 2. The number of hydrogen-bond acceptors (Lipinski definition) is 5. The summed E-state index contributed by atoms with van der Waals surface area (Å²) in [6.45, 7) is 4.58. The molecule has 2 aromatic rings. The molecule has 2 aromatic carbocycles. The lowest BCUT2D eigenvalue weighted by atomic mass is 9.94. The monoisotopic (exact) mass is 497 g/mol. The van der Waals surface area contributed by atoms with Gasteiger partial charge in [-0.3, -0.25) is 14.5 Å². The SMILES string of the molecule is C#Cc1cccc(N(CC(=O)NC)C(=O)c2ccc(OC)c(S(=O)(=O)N3CC(C)CC(C)C3)c2)c1. The van der Waals surface area contributed by atoms with Gasteiger partial charge in [-0.05, 0) is 54.7 Å². The molecule has 1 aliphatic heterocycles. The number of benzene rings is 2. The van der Waals surface area contributed by atoms with Gasteiger partial charge in [0.25, 0.3) is 5.91 Å². The Balaban J connectivity index is 2.06. The third-order valence-corrected chi connectivity index (χ3v) is 7.87. The molecule has 1 saturated heterocycles. The van der Waals surface area contributed by atoms with Gasteiger partial charge in [-0.25, -0.2) is 8.42 Å². The second kappa shape index (κ2) is 10.9. The standard InChI is InChI=1S/C26H31N3O5S/c1-6-20-8-7-9-22(13-20)29(17-25(30)27-4)26(31)21-10-11-23(34-5)24(14-21)35(32,33)28-15-18(2)12-19(3)16-28/h1,7-11,13-14,18-19H,12,15-17H2,2-5H3,(H,27,30). The molecule has 0 spiro atoms. The number of nitrogens with zero attached hydrogens (tertiary/aromatic N) is 2. The van der Waals surface area contributed by atoms with Gasteiger partial charge in [0.2, 0.25) is 15.9 Å². The number of likely N-dealkylation sites (N-methyl/N-ethyl adjacent to an activating group) is 1. The van der Waals surface area contributed by atoms with Gasteiger partial charge in [-0.1, -0.05) is 25.8 Å². The molecule has 1 aliphatic rings. The Bertz CT molecular complexity index is 1240. The third-order valence-electron chi connectivity index (χ3n) is 6.01. The lowest BCUT2D eigenvalue weighted by Crippen LogP contribution is -2.42. The van der Waals surface area contributed by atoms with Crippen molar-refractivity contribution in [1.29, 1.82) is 0 Å². The Hall–Kier alpha value is -3.35. The summed E-state index contributed by atoms with van der Waals surface area (Å²) in [5.41, 5.74) is 1.08. The molecule has 0 saturated carbocycles. The van der Waals surface area contributed by atoms with E-state index in [1.165, 1.54) is 41.6 Å². The summed E-state index contributed by atoms with van der Waals surface area (Å²) in [6, 6.07) is 11.0. The van der Waals surface area contributed by atoms with Crippen LogP contribution in [0.2, 0.25) is 0 Å². The quantitative estimate of drug-likeness (QED) is 0.594. The Morgan fingerprint density at radius 2 is 1.86 bits per heavy atom. The maximum absolute atomic E-state index is 13.6. The van der Waals surface area contributed by atoms with E-state index in [0.29, 0.717) is 24.3 Å². The molecular formula is C26H31N3O5S. The average Bonchev–Trinajstić information content (AvgIpc) is 2.85. The van der Waals surface area contributed by atoms with Gasteiger partial charge in [0.05, 0.1) is 7.11 Å². The summed E-state index contributed by atoms with van der Waals surface area (Å²) in [4.78, 5) is 27.0. The third kappa shape index (κ3) is 5.84. The van der Waals surface area contributed by atoms with Crippen molar-refractivity contribution in [3.05, 3.63) is 53.6 Å². The molecule has 1 fully saturated rings. The van der Waals surface area contributed by atoms with Crippen LogP contribution in [0, 0.1) is 24.2 Å². The number of carbonyl (C=O) groups is 2. The molecule has 3 rings (SSSR count). The minimum atomic E-state index is -3.92. The van der Waals surface area contributed by atoms with Crippen molar-refractivity contribution in [1.82, 2.24) is 9.62 Å². The van der Waals surface area contributed by atoms with Gasteiger partial charge >= 0.3 is 0 Å². The summed E-state index contributed by atoms with van der Waals surface area (Å²) in [6.07, 6.45) is 6.46. The van der Waals surface area contributed by atoms with Crippen LogP contribution in [0.3, 0.4) is 0 Å². The van der Waals surface area contributed by atoms with Gasteiger partial charge in [0.15, 0.2) is 0 Å². The smallest absolute Gasteiger partial charge is 0.258 e. The number of terminal acetylenes is 1. The van der Waals surface area contributed by atoms with Crippen molar-refractivity contribution in [2.75, 3.05) is 38.7 Å². The normalized spacial score (nSPS) is 18.4. The molecule has 8 nitrogen and oxygen atoms in total. The van der Waals surface area contributed by atoms with Gasteiger partial charge in [0.1, 0.15) is 17.2 Å². The largest absolute Gasteiger partial charge is 0.495 e. The van der Waals surface area contributed by atoms with Crippen LogP contribution in [0.4, 0.5) is 5.69 Å². The summed E-state index contributed by atoms with van der Waals surface area (Å²) < 4.78 is 34.0. The van der Waals surface area contributed by atoms with E-state index >= 15 is 0 Å². The number of hydrogen-bond donors (Lipinski definition) is 1. The second-order valence-electron chi connectivity index (χ2n) is 8.89. The van der Waals surface area contributed by atoms with Crippen molar-refractivity contribution < 1.29 is 22.7 Å². The second-order valence-corrected chi connectivity index (χ2v) is 10.8. The van der Waals surface area contributed by atoms with Gasteiger partial charge < -0.3 is 10.1 Å². The molecule has 35 heavy (non-hydrogen) atoms. The molecule has 9 heteroatoms. The molecular weight excluding hydrogens is 466 g/mol. The fraction of sp³-hybridized carbons (Fsp3) is 0.385. The minimum absolute atomic E-state index is 0.0792. The van der Waals surface area contributed by atoms with E-state index in [4.69, 9.17) is 11.2 Å². The molecule has 0 aliphatic carbocycles. The first-order valence-corrected chi connectivity index (χ1v) is 12.8. The van der Waals surface area contributed by atoms with Crippen LogP contribution in [-0.4, -0.2) is 58.3 Å².